The number of nitrogens with zero attached hydrogens (tertiary/aromatic N) is 1. The molecule has 0 unspecified atom stereocenters. The first-order chi connectivity index (χ1) is 7.18. The average Bonchev–Trinajstić information content (AvgIpc) is 2.65. The molecular weight excluding hydrogens is 186 g/mol. The van der Waals surface area contributed by atoms with Crippen molar-refractivity contribution in [3.05, 3.63) is 0 Å². The summed E-state index contributed by atoms with van der Waals surface area (Å²) in [6, 6.07) is 0.484. The summed E-state index contributed by atoms with van der Waals surface area (Å²) in [5.74, 6) is 1.75. The Morgan fingerprint density at radius 3 is 2.20 bits per heavy atom. The first-order valence-electron chi connectivity index (χ1n) is 6.60. The van der Waals surface area contributed by atoms with E-state index in [1.807, 2.05) is 0 Å². The highest BCUT2D eigenvalue weighted by Gasteiger charge is 2.33. The van der Waals surface area contributed by atoms with E-state index in [0.717, 1.165) is 18.3 Å². The molecular formula is C13H25NO. The van der Waals surface area contributed by atoms with E-state index in [0.29, 0.717) is 6.04 Å². The SMILES string of the molecule is CC(C)C1CCN([C@H]2CCC[C@@H]2O)CC1. The highest BCUT2D eigenvalue weighted by atomic mass is 16.3. The maximum Gasteiger partial charge on any atom is 0.0695 e. The fourth-order valence-corrected chi connectivity index (χ4v) is 3.26. The van der Waals surface area contributed by atoms with Gasteiger partial charge in [-0.2, -0.15) is 0 Å². The molecule has 1 N–H and O–H groups in total. The Kier molecular flexibility index (Phi) is 3.68. The van der Waals surface area contributed by atoms with Crippen LogP contribution in [0.4, 0.5) is 0 Å². The molecule has 0 radical (unpaired) electrons. The predicted octanol–water partition coefficient (Wildman–Crippen LogP) is 2.27. The lowest BCUT2D eigenvalue weighted by Gasteiger charge is -2.38. The smallest absolute Gasteiger partial charge is 0.0695 e. The first kappa shape index (κ1) is 11.4. The molecule has 1 saturated heterocycles. The van der Waals surface area contributed by atoms with E-state index in [1.165, 1.54) is 38.8 Å². The second-order valence-electron chi connectivity index (χ2n) is 5.68. The molecule has 2 fully saturated rings. The third-order valence-electron chi connectivity index (χ3n) is 4.43. The molecule has 2 heteroatoms. The molecule has 88 valence electrons. The van der Waals surface area contributed by atoms with Gasteiger partial charge in [-0.3, -0.25) is 4.90 Å². The van der Waals surface area contributed by atoms with E-state index in [2.05, 4.69) is 18.7 Å². The monoisotopic (exact) mass is 211 g/mol. The van der Waals surface area contributed by atoms with Gasteiger partial charge in [0.05, 0.1) is 6.10 Å². The topological polar surface area (TPSA) is 23.5 Å². The zero-order valence-corrected chi connectivity index (χ0v) is 10.2. The Morgan fingerprint density at radius 2 is 1.73 bits per heavy atom. The van der Waals surface area contributed by atoms with Crippen molar-refractivity contribution in [3.63, 3.8) is 0 Å². The van der Waals surface area contributed by atoms with Crippen LogP contribution in [0.2, 0.25) is 0 Å². The van der Waals surface area contributed by atoms with Crippen molar-refractivity contribution < 1.29 is 5.11 Å². The van der Waals surface area contributed by atoms with Gasteiger partial charge in [0.2, 0.25) is 0 Å². The van der Waals surface area contributed by atoms with Crippen molar-refractivity contribution in [1.29, 1.82) is 0 Å². The van der Waals surface area contributed by atoms with Crippen LogP contribution >= 0.6 is 0 Å². The molecule has 1 aliphatic carbocycles. The lowest BCUT2D eigenvalue weighted by Crippen LogP contribution is -2.45. The maximum atomic E-state index is 9.87. The Bertz CT molecular complexity index is 197. The summed E-state index contributed by atoms with van der Waals surface area (Å²) in [6.07, 6.45) is 6.08. The summed E-state index contributed by atoms with van der Waals surface area (Å²) in [5, 5.41) is 9.87. The lowest BCUT2D eigenvalue weighted by molar-refractivity contribution is 0.0424. The second-order valence-corrected chi connectivity index (χ2v) is 5.68. The number of piperidine rings is 1. The summed E-state index contributed by atoms with van der Waals surface area (Å²) >= 11 is 0. The van der Waals surface area contributed by atoms with E-state index in [-0.39, 0.29) is 6.10 Å². The normalized spacial score (nSPS) is 35.2. The van der Waals surface area contributed by atoms with Crippen molar-refractivity contribution in [2.75, 3.05) is 13.1 Å². The minimum atomic E-state index is -0.0411. The standard InChI is InChI=1S/C13H25NO/c1-10(2)11-6-8-14(9-7-11)12-4-3-5-13(12)15/h10-13,15H,3-9H2,1-2H3/t12-,13-/m0/s1. The summed E-state index contributed by atoms with van der Waals surface area (Å²) in [7, 11) is 0. The Balaban J connectivity index is 1.82. The van der Waals surface area contributed by atoms with E-state index in [4.69, 9.17) is 0 Å². The number of rotatable bonds is 2. The quantitative estimate of drug-likeness (QED) is 0.757. The van der Waals surface area contributed by atoms with Crippen LogP contribution in [0.15, 0.2) is 0 Å². The highest BCUT2D eigenvalue weighted by molar-refractivity contribution is 4.87. The molecule has 0 amide bonds. The minimum absolute atomic E-state index is 0.0411. The second kappa shape index (κ2) is 4.84. The Labute approximate surface area is 93.7 Å². The van der Waals surface area contributed by atoms with Crippen LogP contribution in [0, 0.1) is 11.8 Å². The molecule has 2 rings (SSSR count). The van der Waals surface area contributed by atoms with Gasteiger partial charge in [-0.25, -0.2) is 0 Å². The summed E-state index contributed by atoms with van der Waals surface area (Å²) in [6.45, 7) is 7.10. The van der Waals surface area contributed by atoms with Crippen LogP contribution in [0.3, 0.4) is 0 Å². The van der Waals surface area contributed by atoms with Crippen LogP contribution in [0.1, 0.15) is 46.0 Å². The van der Waals surface area contributed by atoms with Crippen LogP contribution in [0.5, 0.6) is 0 Å². The van der Waals surface area contributed by atoms with Crippen molar-refractivity contribution in [2.24, 2.45) is 11.8 Å². The van der Waals surface area contributed by atoms with E-state index in [9.17, 15) is 5.11 Å². The number of aliphatic hydroxyl groups excluding tert-OH is 1. The van der Waals surface area contributed by atoms with Gasteiger partial charge in [0, 0.05) is 6.04 Å². The molecule has 0 aromatic carbocycles. The van der Waals surface area contributed by atoms with Crippen LogP contribution in [0.25, 0.3) is 0 Å². The van der Waals surface area contributed by atoms with Crippen LogP contribution in [-0.2, 0) is 0 Å². The number of hydrogen-bond acceptors (Lipinski definition) is 2. The van der Waals surface area contributed by atoms with Gasteiger partial charge in [-0.1, -0.05) is 13.8 Å². The lowest BCUT2D eigenvalue weighted by atomic mass is 9.86. The predicted molar refractivity (Wildman–Crippen MR) is 62.8 cm³/mol. The molecule has 0 bridgehead atoms. The van der Waals surface area contributed by atoms with Gasteiger partial charge in [0.25, 0.3) is 0 Å². The fourth-order valence-electron chi connectivity index (χ4n) is 3.26. The third-order valence-corrected chi connectivity index (χ3v) is 4.43. The van der Waals surface area contributed by atoms with Crippen molar-refractivity contribution in [1.82, 2.24) is 4.90 Å². The number of aliphatic hydroxyl groups is 1. The van der Waals surface area contributed by atoms with Crippen molar-refractivity contribution >= 4 is 0 Å². The van der Waals surface area contributed by atoms with E-state index < -0.39 is 0 Å². The third kappa shape index (κ3) is 2.54. The highest BCUT2D eigenvalue weighted by Crippen LogP contribution is 2.30. The van der Waals surface area contributed by atoms with Crippen LogP contribution < -0.4 is 0 Å². The summed E-state index contributed by atoms with van der Waals surface area (Å²) < 4.78 is 0. The van der Waals surface area contributed by atoms with Crippen molar-refractivity contribution in [2.45, 2.75) is 58.1 Å². The average molecular weight is 211 g/mol. The molecule has 15 heavy (non-hydrogen) atoms. The summed E-state index contributed by atoms with van der Waals surface area (Å²) in [4.78, 5) is 2.54. The molecule has 1 heterocycles. The summed E-state index contributed by atoms with van der Waals surface area (Å²) in [5.41, 5.74) is 0. The van der Waals surface area contributed by atoms with Crippen molar-refractivity contribution in [3.8, 4) is 0 Å². The molecule has 0 aromatic heterocycles. The fraction of sp³-hybridized carbons (Fsp3) is 1.00. The zero-order chi connectivity index (χ0) is 10.8. The maximum absolute atomic E-state index is 9.87. The minimum Gasteiger partial charge on any atom is -0.391 e. The molecule has 2 aliphatic rings. The van der Waals surface area contributed by atoms with E-state index >= 15 is 0 Å². The zero-order valence-electron chi connectivity index (χ0n) is 10.2. The number of hydrogen-bond donors (Lipinski definition) is 1. The molecule has 1 saturated carbocycles. The van der Waals surface area contributed by atoms with Gasteiger partial charge in [-0.05, 0) is 57.0 Å². The largest absolute Gasteiger partial charge is 0.391 e. The van der Waals surface area contributed by atoms with Gasteiger partial charge < -0.3 is 5.11 Å². The van der Waals surface area contributed by atoms with Crippen LogP contribution in [-0.4, -0.2) is 35.2 Å². The van der Waals surface area contributed by atoms with Gasteiger partial charge in [0.1, 0.15) is 0 Å². The molecule has 2 nitrogen and oxygen atoms in total. The molecule has 0 spiro atoms. The molecule has 1 aliphatic heterocycles. The number of likely N-dealkylation sites (tertiary alicyclic amines) is 1. The van der Waals surface area contributed by atoms with E-state index in [1.54, 1.807) is 0 Å². The first-order valence-corrected chi connectivity index (χ1v) is 6.60. The Morgan fingerprint density at radius 1 is 1.07 bits per heavy atom. The molecule has 0 aromatic rings. The molecule has 2 atom stereocenters. The Hall–Kier alpha value is -0.0800. The van der Waals surface area contributed by atoms with Gasteiger partial charge >= 0.3 is 0 Å². The van der Waals surface area contributed by atoms with Gasteiger partial charge in [-0.15, -0.1) is 0 Å². The van der Waals surface area contributed by atoms with Gasteiger partial charge in [0.15, 0.2) is 0 Å².